The van der Waals surface area contributed by atoms with Crippen LogP contribution in [0.15, 0.2) is 0 Å². The molecular formula is C16H28N2O6S. The van der Waals surface area contributed by atoms with Crippen LogP contribution in [0, 0.1) is 5.92 Å². The van der Waals surface area contributed by atoms with Gasteiger partial charge in [-0.1, -0.05) is 19.3 Å². The van der Waals surface area contributed by atoms with Crippen LogP contribution < -0.4 is 5.32 Å². The van der Waals surface area contributed by atoms with E-state index < -0.39 is 28.1 Å². The summed E-state index contributed by atoms with van der Waals surface area (Å²) in [6.07, 6.45) is 3.23. The Labute approximate surface area is 148 Å². The fourth-order valence-corrected chi connectivity index (χ4v) is 5.32. The van der Waals surface area contributed by atoms with Gasteiger partial charge in [-0.25, -0.2) is 13.2 Å². The molecule has 0 unspecified atom stereocenters. The van der Waals surface area contributed by atoms with E-state index >= 15 is 0 Å². The number of hydrogen-bond acceptors (Lipinski definition) is 6. The average molecular weight is 376 g/mol. The topological polar surface area (TPSA) is 113 Å². The average Bonchev–Trinajstić information content (AvgIpc) is 2.84. The lowest BCUT2D eigenvalue weighted by Gasteiger charge is -2.29. The van der Waals surface area contributed by atoms with Crippen LogP contribution in [-0.2, 0) is 19.4 Å². The minimum Gasteiger partial charge on any atom is -0.450 e. The molecule has 1 heterocycles. The number of nitrogens with zero attached hydrogens (tertiary/aromatic N) is 1. The lowest BCUT2D eigenvalue weighted by Crippen LogP contribution is -2.50. The molecule has 2 aliphatic rings. The third kappa shape index (κ3) is 5.57. The van der Waals surface area contributed by atoms with Gasteiger partial charge in [-0.3, -0.25) is 9.69 Å². The van der Waals surface area contributed by atoms with E-state index in [1.54, 1.807) is 6.92 Å². The molecule has 2 amide bonds. The van der Waals surface area contributed by atoms with E-state index in [1.165, 1.54) is 4.90 Å². The van der Waals surface area contributed by atoms with Crippen molar-refractivity contribution in [2.45, 2.75) is 51.2 Å². The highest BCUT2D eigenvalue weighted by Crippen LogP contribution is 2.23. The second-order valence-electron chi connectivity index (χ2n) is 6.73. The normalized spacial score (nSPS) is 26.2. The van der Waals surface area contributed by atoms with Crippen LogP contribution in [0.5, 0.6) is 0 Å². The Balaban J connectivity index is 1.92. The summed E-state index contributed by atoms with van der Waals surface area (Å²) in [5.41, 5.74) is 0. The van der Waals surface area contributed by atoms with Crippen molar-refractivity contribution in [3.05, 3.63) is 0 Å². The fourth-order valence-electron chi connectivity index (χ4n) is 3.52. The van der Waals surface area contributed by atoms with Gasteiger partial charge in [-0.15, -0.1) is 0 Å². The summed E-state index contributed by atoms with van der Waals surface area (Å²) in [5.74, 6) is -0.656. The van der Waals surface area contributed by atoms with E-state index in [1.807, 2.05) is 0 Å². The number of ether oxygens (including phenoxy) is 1. The Morgan fingerprint density at radius 3 is 2.44 bits per heavy atom. The Morgan fingerprint density at radius 2 is 1.88 bits per heavy atom. The van der Waals surface area contributed by atoms with Gasteiger partial charge < -0.3 is 15.2 Å². The van der Waals surface area contributed by atoms with Crippen molar-refractivity contribution in [2.24, 2.45) is 5.92 Å². The van der Waals surface area contributed by atoms with Crippen molar-refractivity contribution in [3.8, 4) is 0 Å². The second kappa shape index (κ2) is 8.84. The summed E-state index contributed by atoms with van der Waals surface area (Å²) >= 11 is 0. The first-order chi connectivity index (χ1) is 11.8. The van der Waals surface area contributed by atoms with Crippen LogP contribution >= 0.6 is 0 Å². The van der Waals surface area contributed by atoms with E-state index in [2.05, 4.69) is 5.32 Å². The molecule has 0 aromatic carbocycles. The Kier molecular flexibility index (Phi) is 7.06. The summed E-state index contributed by atoms with van der Waals surface area (Å²) in [7, 11) is -3.38. The number of rotatable bonds is 6. The first kappa shape index (κ1) is 20.0. The maximum absolute atomic E-state index is 12.2. The first-order valence-electron chi connectivity index (χ1n) is 8.93. The molecule has 1 saturated heterocycles. The molecule has 2 rings (SSSR count). The van der Waals surface area contributed by atoms with Crippen LogP contribution in [0.3, 0.4) is 0 Å². The van der Waals surface area contributed by atoms with Crippen LogP contribution in [0.25, 0.3) is 0 Å². The number of aliphatic hydroxyl groups is 1. The van der Waals surface area contributed by atoms with E-state index in [9.17, 15) is 23.1 Å². The quantitative estimate of drug-likeness (QED) is 0.689. The van der Waals surface area contributed by atoms with E-state index in [4.69, 9.17) is 4.74 Å². The van der Waals surface area contributed by atoms with Crippen LogP contribution in [0.4, 0.5) is 4.79 Å². The molecular weight excluding hydrogens is 348 g/mol. The number of sulfone groups is 1. The smallest absolute Gasteiger partial charge is 0.410 e. The Bertz CT molecular complexity index is 573. The zero-order valence-electron chi connectivity index (χ0n) is 14.6. The van der Waals surface area contributed by atoms with Gasteiger partial charge in [0.1, 0.15) is 0 Å². The van der Waals surface area contributed by atoms with Gasteiger partial charge in [0.05, 0.1) is 30.3 Å². The molecule has 0 aromatic heterocycles. The summed E-state index contributed by atoms with van der Waals surface area (Å²) in [4.78, 5) is 25.5. The Morgan fingerprint density at radius 1 is 1.20 bits per heavy atom. The molecule has 2 fully saturated rings. The highest BCUT2D eigenvalue weighted by atomic mass is 32.2. The standard InChI is InChI=1S/C16H28N2O6S/c1-2-24-16(21)18(13-10-25(22,23)11-14(13)19)9-8-17-15(20)12-6-4-3-5-7-12/h12-14,19H,2-11H2,1H3,(H,17,20)/t13-,14+/m1/s1. The van der Waals surface area contributed by atoms with Gasteiger partial charge in [0.15, 0.2) is 9.84 Å². The minimum atomic E-state index is -3.38. The highest BCUT2D eigenvalue weighted by molar-refractivity contribution is 7.91. The molecule has 9 heteroatoms. The number of nitrogens with one attached hydrogen (secondary N) is 1. The van der Waals surface area contributed by atoms with Crippen LogP contribution in [-0.4, -0.2) is 73.8 Å². The molecule has 0 radical (unpaired) electrons. The lowest BCUT2D eigenvalue weighted by molar-refractivity contribution is -0.126. The molecule has 2 atom stereocenters. The molecule has 8 nitrogen and oxygen atoms in total. The van der Waals surface area contributed by atoms with Crippen LogP contribution in [0.2, 0.25) is 0 Å². The Hall–Kier alpha value is -1.35. The zero-order chi connectivity index (χ0) is 18.4. The van der Waals surface area contributed by atoms with Gasteiger partial charge in [-0.05, 0) is 19.8 Å². The van der Waals surface area contributed by atoms with Crippen molar-refractivity contribution in [1.29, 1.82) is 0 Å². The van der Waals surface area contributed by atoms with Gasteiger partial charge in [-0.2, -0.15) is 0 Å². The molecule has 1 aliphatic carbocycles. The molecule has 1 aliphatic heterocycles. The maximum atomic E-state index is 12.2. The molecule has 0 spiro atoms. The van der Waals surface area contributed by atoms with Gasteiger partial charge in [0, 0.05) is 19.0 Å². The highest BCUT2D eigenvalue weighted by Gasteiger charge is 2.42. The predicted molar refractivity (Wildman–Crippen MR) is 91.8 cm³/mol. The van der Waals surface area contributed by atoms with Crippen molar-refractivity contribution < 1.29 is 27.9 Å². The molecule has 2 N–H and O–H groups in total. The first-order valence-corrected chi connectivity index (χ1v) is 10.8. The van der Waals surface area contributed by atoms with E-state index in [0.29, 0.717) is 0 Å². The maximum Gasteiger partial charge on any atom is 0.410 e. The summed E-state index contributed by atoms with van der Waals surface area (Å²) in [6.45, 7) is 2.12. The second-order valence-corrected chi connectivity index (χ2v) is 8.88. The number of aliphatic hydroxyl groups excluding tert-OH is 1. The summed E-state index contributed by atoms with van der Waals surface area (Å²) in [5, 5.41) is 12.8. The van der Waals surface area contributed by atoms with Crippen molar-refractivity contribution in [2.75, 3.05) is 31.2 Å². The largest absolute Gasteiger partial charge is 0.450 e. The molecule has 1 saturated carbocycles. The number of hydrogen-bond donors (Lipinski definition) is 2. The molecule has 0 aromatic rings. The van der Waals surface area contributed by atoms with Gasteiger partial charge >= 0.3 is 6.09 Å². The summed E-state index contributed by atoms with van der Waals surface area (Å²) < 4.78 is 28.4. The SMILES string of the molecule is CCOC(=O)N(CCNC(=O)C1CCCCC1)[C@@H]1CS(=O)(=O)C[C@@H]1O. The third-order valence-corrected chi connectivity index (χ3v) is 6.52. The van der Waals surface area contributed by atoms with Crippen molar-refractivity contribution in [1.82, 2.24) is 10.2 Å². The zero-order valence-corrected chi connectivity index (χ0v) is 15.5. The van der Waals surface area contributed by atoms with Crippen LogP contribution in [0.1, 0.15) is 39.0 Å². The fraction of sp³-hybridized carbons (Fsp3) is 0.875. The van der Waals surface area contributed by atoms with E-state index in [0.717, 1.165) is 32.1 Å². The van der Waals surface area contributed by atoms with Gasteiger partial charge in [0.2, 0.25) is 5.91 Å². The molecule has 25 heavy (non-hydrogen) atoms. The monoisotopic (exact) mass is 376 g/mol. The number of carbonyl (C=O) groups excluding carboxylic acids is 2. The molecule has 0 bridgehead atoms. The third-order valence-electron chi connectivity index (χ3n) is 4.82. The molecule has 144 valence electrons. The van der Waals surface area contributed by atoms with E-state index in [-0.39, 0.29) is 43.0 Å². The lowest BCUT2D eigenvalue weighted by atomic mass is 9.89. The van der Waals surface area contributed by atoms with Crippen molar-refractivity contribution in [3.63, 3.8) is 0 Å². The van der Waals surface area contributed by atoms with Crippen molar-refractivity contribution >= 4 is 21.8 Å². The summed E-state index contributed by atoms with van der Waals surface area (Å²) in [6, 6.07) is -0.837. The predicted octanol–water partition coefficient (Wildman–Crippen LogP) is 0.299. The minimum absolute atomic E-state index is 0.0160. The number of carbonyl (C=O) groups is 2. The van der Waals surface area contributed by atoms with Gasteiger partial charge in [0.25, 0.3) is 0 Å². The number of amides is 2.